The van der Waals surface area contributed by atoms with Gasteiger partial charge in [-0.1, -0.05) is 12.1 Å². The largest absolute Gasteiger partial charge is 0.504 e. The molecule has 3 heterocycles. The first-order chi connectivity index (χ1) is 11.7. The van der Waals surface area contributed by atoms with Gasteiger partial charge in [-0.15, -0.1) is 0 Å². The summed E-state index contributed by atoms with van der Waals surface area (Å²) in [6, 6.07) is 11.3. The Bertz CT molecular complexity index is 976. The maximum Gasteiger partial charge on any atom is 0.201 e. The molecule has 0 unspecified atom stereocenters. The van der Waals surface area contributed by atoms with Crippen molar-refractivity contribution in [2.75, 3.05) is 5.32 Å². The van der Waals surface area contributed by atoms with Crippen molar-refractivity contribution in [2.24, 2.45) is 4.99 Å². The summed E-state index contributed by atoms with van der Waals surface area (Å²) in [6.07, 6.45) is 4.99. The predicted octanol–water partition coefficient (Wildman–Crippen LogP) is 4.52. The zero-order chi connectivity index (χ0) is 16.5. The van der Waals surface area contributed by atoms with E-state index in [-0.39, 0.29) is 23.1 Å². The van der Waals surface area contributed by atoms with Gasteiger partial charge in [-0.25, -0.2) is 14.4 Å². The van der Waals surface area contributed by atoms with Crippen LogP contribution < -0.4 is 5.32 Å². The Morgan fingerprint density at radius 2 is 2.04 bits per heavy atom. The number of para-hydroxylation sites is 1. The average Bonchev–Trinajstić information content (AvgIpc) is 3.14. The fourth-order valence-electron chi connectivity index (χ4n) is 2.44. The molecule has 0 bridgehead atoms. The number of aromatic hydroxyl groups is 1. The number of hydrogen-bond donors (Lipinski definition) is 2. The van der Waals surface area contributed by atoms with E-state index < -0.39 is 5.82 Å². The van der Waals surface area contributed by atoms with Crippen LogP contribution in [0.4, 0.5) is 21.8 Å². The van der Waals surface area contributed by atoms with Crippen LogP contribution in [0.2, 0.25) is 0 Å². The topological polar surface area (TPSA) is 70.7 Å². The number of nitrogens with zero attached hydrogens (tertiary/aromatic N) is 2. The molecule has 2 N–H and O–H groups in total. The highest BCUT2D eigenvalue weighted by Crippen LogP contribution is 2.35. The number of pyridine rings is 1. The van der Waals surface area contributed by atoms with Crippen LogP contribution in [0.3, 0.4) is 0 Å². The summed E-state index contributed by atoms with van der Waals surface area (Å²) < 4.78 is 19.2. The van der Waals surface area contributed by atoms with Gasteiger partial charge in [-0.2, -0.15) is 0 Å². The number of aliphatic imine (C=N–C) groups is 1. The molecule has 0 radical (unpaired) electrons. The lowest BCUT2D eigenvalue weighted by Crippen LogP contribution is -1.91. The van der Waals surface area contributed by atoms with Crippen LogP contribution >= 0.6 is 0 Å². The van der Waals surface area contributed by atoms with E-state index in [2.05, 4.69) is 15.3 Å². The van der Waals surface area contributed by atoms with Crippen LogP contribution in [0.15, 0.2) is 58.1 Å². The molecule has 0 saturated carbocycles. The molecule has 0 saturated heterocycles. The van der Waals surface area contributed by atoms with Crippen molar-refractivity contribution in [3.63, 3.8) is 0 Å². The Kier molecular flexibility index (Phi) is 3.35. The Hall–Kier alpha value is -3.41. The number of rotatable bonds is 3. The molecular weight excluding hydrogens is 309 g/mol. The minimum Gasteiger partial charge on any atom is -0.504 e. The van der Waals surface area contributed by atoms with E-state index in [4.69, 9.17) is 4.42 Å². The fraction of sp³-hybridized carbons (Fsp3) is 0. The molecule has 0 amide bonds. The first-order valence-electron chi connectivity index (χ1n) is 7.26. The van der Waals surface area contributed by atoms with E-state index in [9.17, 15) is 9.50 Å². The van der Waals surface area contributed by atoms with Gasteiger partial charge in [0.15, 0.2) is 17.3 Å². The van der Waals surface area contributed by atoms with E-state index >= 15 is 0 Å². The van der Waals surface area contributed by atoms with Crippen LogP contribution in [0.1, 0.15) is 11.3 Å². The normalized spacial score (nSPS) is 14.1. The lowest BCUT2D eigenvalue weighted by molar-refractivity contribution is 0.455. The van der Waals surface area contributed by atoms with Crippen molar-refractivity contribution in [1.29, 1.82) is 0 Å². The quantitative estimate of drug-likeness (QED) is 0.744. The van der Waals surface area contributed by atoms with Crippen molar-refractivity contribution in [3.8, 4) is 5.75 Å². The molecule has 1 aromatic carbocycles. The molecule has 6 heteroatoms. The van der Waals surface area contributed by atoms with Crippen LogP contribution in [0.5, 0.6) is 5.75 Å². The molecule has 0 spiro atoms. The lowest BCUT2D eigenvalue weighted by Gasteiger charge is -2.03. The fourth-order valence-corrected chi connectivity index (χ4v) is 2.44. The highest BCUT2D eigenvalue weighted by molar-refractivity contribution is 6.20. The van der Waals surface area contributed by atoms with Crippen molar-refractivity contribution >= 4 is 35.3 Å². The smallest absolute Gasteiger partial charge is 0.201 e. The summed E-state index contributed by atoms with van der Waals surface area (Å²) in [6.45, 7) is 0. The first kappa shape index (κ1) is 14.2. The van der Waals surface area contributed by atoms with Crippen LogP contribution in [0.25, 0.3) is 11.6 Å². The highest BCUT2D eigenvalue weighted by Gasteiger charge is 2.16. The van der Waals surface area contributed by atoms with Gasteiger partial charge in [-0.3, -0.25) is 0 Å². The molecular formula is C18H12FN3O2. The molecule has 0 fully saturated rings. The van der Waals surface area contributed by atoms with Gasteiger partial charge < -0.3 is 14.8 Å². The monoisotopic (exact) mass is 321 g/mol. The third kappa shape index (κ3) is 2.54. The first-order valence-corrected chi connectivity index (χ1v) is 7.26. The zero-order valence-electron chi connectivity index (χ0n) is 12.4. The Morgan fingerprint density at radius 3 is 2.92 bits per heavy atom. The van der Waals surface area contributed by atoms with Crippen molar-refractivity contribution in [2.45, 2.75) is 0 Å². The van der Waals surface area contributed by atoms with Crippen molar-refractivity contribution in [1.82, 2.24) is 4.98 Å². The number of benzene rings is 1. The van der Waals surface area contributed by atoms with E-state index in [0.29, 0.717) is 5.82 Å². The zero-order valence-corrected chi connectivity index (χ0v) is 12.4. The van der Waals surface area contributed by atoms with E-state index in [0.717, 1.165) is 11.1 Å². The molecule has 0 atom stereocenters. The number of hydrogen-bond acceptors (Lipinski definition) is 5. The number of allylic oxidation sites excluding steroid dienone is 1. The van der Waals surface area contributed by atoms with Gasteiger partial charge in [-0.05, 0) is 30.3 Å². The van der Waals surface area contributed by atoms with Gasteiger partial charge in [0, 0.05) is 29.6 Å². The maximum absolute atomic E-state index is 13.7. The van der Waals surface area contributed by atoms with E-state index in [1.165, 1.54) is 12.1 Å². The van der Waals surface area contributed by atoms with Crippen LogP contribution in [-0.4, -0.2) is 16.3 Å². The highest BCUT2D eigenvalue weighted by atomic mass is 19.1. The second-order valence-electron chi connectivity index (χ2n) is 5.20. The molecule has 1 aliphatic rings. The summed E-state index contributed by atoms with van der Waals surface area (Å²) >= 11 is 0. The van der Waals surface area contributed by atoms with Crippen molar-refractivity contribution < 1.29 is 13.9 Å². The summed E-state index contributed by atoms with van der Waals surface area (Å²) in [5.41, 5.74) is 1.90. The minimum atomic E-state index is -0.406. The van der Waals surface area contributed by atoms with Gasteiger partial charge in [0.2, 0.25) is 5.88 Å². The molecule has 4 rings (SSSR count). The van der Waals surface area contributed by atoms with Gasteiger partial charge in [0.05, 0.1) is 5.69 Å². The molecule has 24 heavy (non-hydrogen) atoms. The Labute approximate surface area is 136 Å². The summed E-state index contributed by atoms with van der Waals surface area (Å²) in [5.74, 6) is 0.667. The van der Waals surface area contributed by atoms with Crippen LogP contribution in [0, 0.1) is 5.82 Å². The maximum atomic E-state index is 13.7. The second kappa shape index (κ2) is 5.66. The summed E-state index contributed by atoms with van der Waals surface area (Å²) in [5, 5.41) is 12.9. The minimum absolute atomic E-state index is 0.0490. The summed E-state index contributed by atoms with van der Waals surface area (Å²) in [7, 11) is 0. The number of fused-ring (bicyclic) bond motifs is 1. The number of aromatic nitrogens is 1. The SMILES string of the molecule is Oc1cc(Nc2ccccc2F)oc1C=C1C=Nc2ncccc21. The van der Waals surface area contributed by atoms with Gasteiger partial charge in [0.25, 0.3) is 0 Å². The standard InChI is InChI=1S/C18H12FN3O2/c19-13-5-1-2-6-14(13)22-17-9-15(23)16(24-17)8-11-10-21-18-12(11)4-3-7-20-18/h1-10,22-23H. The summed E-state index contributed by atoms with van der Waals surface area (Å²) in [4.78, 5) is 8.36. The third-order valence-corrected chi connectivity index (χ3v) is 3.58. The molecule has 118 valence electrons. The Balaban J connectivity index is 1.65. The number of furan rings is 1. The lowest BCUT2D eigenvalue weighted by atomic mass is 10.1. The molecule has 2 aromatic heterocycles. The molecule has 5 nitrogen and oxygen atoms in total. The molecule has 1 aliphatic heterocycles. The third-order valence-electron chi connectivity index (χ3n) is 3.58. The van der Waals surface area contributed by atoms with E-state index in [1.807, 2.05) is 12.1 Å². The van der Waals surface area contributed by atoms with Crippen molar-refractivity contribution in [3.05, 3.63) is 65.8 Å². The number of halogens is 1. The molecule has 0 aliphatic carbocycles. The van der Waals surface area contributed by atoms with E-state index in [1.54, 1.807) is 36.7 Å². The van der Waals surface area contributed by atoms with Crippen LogP contribution in [-0.2, 0) is 0 Å². The predicted molar refractivity (Wildman–Crippen MR) is 90.3 cm³/mol. The molecule has 3 aromatic rings. The van der Waals surface area contributed by atoms with Gasteiger partial charge in [0.1, 0.15) is 5.82 Å². The Morgan fingerprint density at radius 1 is 1.17 bits per heavy atom. The van der Waals surface area contributed by atoms with Gasteiger partial charge >= 0.3 is 0 Å². The number of anilines is 2. The second-order valence-corrected chi connectivity index (χ2v) is 5.20. The number of nitrogens with one attached hydrogen (secondary N) is 1. The average molecular weight is 321 g/mol.